The summed E-state index contributed by atoms with van der Waals surface area (Å²) in [5.41, 5.74) is 1.38. The van der Waals surface area contributed by atoms with Gasteiger partial charge in [-0.05, 0) is 26.1 Å². The van der Waals surface area contributed by atoms with Crippen molar-refractivity contribution >= 4 is 0 Å². The lowest BCUT2D eigenvalue weighted by Gasteiger charge is -2.04. The SMILES string of the molecule is CNC(C)Cc1noc(-c2cc(-c3cccc(OC)c3)on2)n1. The average molecular weight is 314 g/mol. The smallest absolute Gasteiger partial charge is 0.280 e. The zero-order valence-corrected chi connectivity index (χ0v) is 13.2. The number of benzene rings is 1. The highest BCUT2D eigenvalue weighted by molar-refractivity contribution is 5.63. The van der Waals surface area contributed by atoms with Crippen LogP contribution in [0.3, 0.4) is 0 Å². The summed E-state index contributed by atoms with van der Waals surface area (Å²) in [5.74, 6) is 2.35. The topological polar surface area (TPSA) is 86.2 Å². The molecule has 0 aliphatic carbocycles. The second-order valence-electron chi connectivity index (χ2n) is 5.22. The molecule has 23 heavy (non-hydrogen) atoms. The van der Waals surface area contributed by atoms with Gasteiger partial charge in [-0.1, -0.05) is 22.4 Å². The second kappa shape index (κ2) is 6.62. The van der Waals surface area contributed by atoms with Crippen molar-refractivity contribution in [2.24, 2.45) is 0 Å². The van der Waals surface area contributed by atoms with Gasteiger partial charge in [-0.25, -0.2) is 0 Å². The van der Waals surface area contributed by atoms with Gasteiger partial charge in [0.25, 0.3) is 5.89 Å². The molecule has 3 rings (SSSR count). The predicted molar refractivity (Wildman–Crippen MR) is 84.0 cm³/mol. The molecule has 1 unspecified atom stereocenters. The van der Waals surface area contributed by atoms with Crippen LogP contribution in [0.15, 0.2) is 39.4 Å². The van der Waals surface area contributed by atoms with Crippen LogP contribution in [0.2, 0.25) is 0 Å². The van der Waals surface area contributed by atoms with E-state index in [-0.39, 0.29) is 6.04 Å². The number of hydrogen-bond acceptors (Lipinski definition) is 7. The Labute approximate surface area is 133 Å². The van der Waals surface area contributed by atoms with E-state index in [2.05, 4.69) is 20.6 Å². The molecule has 2 heterocycles. The van der Waals surface area contributed by atoms with Gasteiger partial charge >= 0.3 is 0 Å². The number of rotatable bonds is 6. The normalized spacial score (nSPS) is 12.3. The summed E-state index contributed by atoms with van der Waals surface area (Å²) in [6, 6.07) is 9.59. The van der Waals surface area contributed by atoms with E-state index < -0.39 is 0 Å². The number of nitrogens with zero attached hydrogens (tertiary/aromatic N) is 3. The fraction of sp³-hybridized carbons (Fsp3) is 0.312. The third kappa shape index (κ3) is 3.40. The molecule has 0 bridgehead atoms. The van der Waals surface area contributed by atoms with Crippen molar-refractivity contribution in [3.8, 4) is 28.7 Å². The molecule has 0 fully saturated rings. The summed E-state index contributed by atoms with van der Waals surface area (Å²) in [7, 11) is 3.51. The minimum absolute atomic E-state index is 0.269. The molecule has 3 aromatic rings. The van der Waals surface area contributed by atoms with Crippen LogP contribution >= 0.6 is 0 Å². The Bertz CT molecular complexity index is 781. The first-order valence-electron chi connectivity index (χ1n) is 7.31. The highest BCUT2D eigenvalue weighted by atomic mass is 16.5. The van der Waals surface area contributed by atoms with Gasteiger partial charge in [-0.3, -0.25) is 0 Å². The van der Waals surface area contributed by atoms with Crippen LogP contribution in [0.25, 0.3) is 22.9 Å². The van der Waals surface area contributed by atoms with Crippen LogP contribution in [0.1, 0.15) is 12.7 Å². The maximum absolute atomic E-state index is 5.37. The average Bonchev–Trinajstić information content (AvgIpc) is 3.24. The molecular formula is C16H18N4O3. The first kappa shape index (κ1) is 15.2. The molecule has 0 saturated carbocycles. The molecule has 0 saturated heterocycles. The molecule has 0 aliphatic rings. The van der Waals surface area contributed by atoms with Crippen molar-refractivity contribution in [3.05, 3.63) is 36.2 Å². The first-order chi connectivity index (χ1) is 11.2. The third-order valence-corrected chi connectivity index (χ3v) is 3.53. The molecule has 7 heteroatoms. The van der Waals surface area contributed by atoms with E-state index in [1.165, 1.54) is 0 Å². The number of ether oxygens (including phenoxy) is 1. The van der Waals surface area contributed by atoms with Crippen LogP contribution < -0.4 is 10.1 Å². The number of methoxy groups -OCH3 is 1. The molecule has 1 atom stereocenters. The summed E-state index contributed by atoms with van der Waals surface area (Å²) >= 11 is 0. The summed E-state index contributed by atoms with van der Waals surface area (Å²) in [6.07, 6.45) is 0.681. The van der Waals surface area contributed by atoms with Crippen LogP contribution in [0, 0.1) is 0 Å². The molecule has 0 amide bonds. The molecule has 120 valence electrons. The van der Waals surface area contributed by atoms with Gasteiger partial charge in [0, 0.05) is 24.1 Å². The van der Waals surface area contributed by atoms with E-state index in [4.69, 9.17) is 13.8 Å². The van der Waals surface area contributed by atoms with Crippen molar-refractivity contribution in [2.45, 2.75) is 19.4 Å². The summed E-state index contributed by atoms with van der Waals surface area (Å²) in [5, 5.41) is 11.1. The van der Waals surface area contributed by atoms with Gasteiger partial charge in [0.1, 0.15) is 5.75 Å². The van der Waals surface area contributed by atoms with Crippen LogP contribution in [-0.2, 0) is 6.42 Å². The summed E-state index contributed by atoms with van der Waals surface area (Å²) < 4.78 is 15.8. The van der Waals surface area contributed by atoms with Gasteiger partial charge in [0.2, 0.25) is 0 Å². The minimum atomic E-state index is 0.269. The van der Waals surface area contributed by atoms with Crippen LogP contribution in [0.5, 0.6) is 5.75 Å². The quantitative estimate of drug-likeness (QED) is 0.748. The van der Waals surface area contributed by atoms with Crippen LogP contribution in [0.4, 0.5) is 0 Å². The van der Waals surface area contributed by atoms with E-state index in [1.807, 2.05) is 38.2 Å². The first-order valence-corrected chi connectivity index (χ1v) is 7.31. The van der Waals surface area contributed by atoms with Crippen molar-refractivity contribution in [1.82, 2.24) is 20.6 Å². The highest BCUT2D eigenvalue weighted by Gasteiger charge is 2.16. The standard InChI is InChI=1S/C16H18N4O3/c1-10(17-2)7-15-18-16(23-20-15)13-9-14(22-19-13)11-5-4-6-12(8-11)21-3/h4-6,8-10,17H,7H2,1-3H3. The molecule has 1 N–H and O–H groups in total. The number of nitrogens with one attached hydrogen (secondary N) is 1. The molecule has 0 spiro atoms. The van der Waals surface area contributed by atoms with E-state index in [0.29, 0.717) is 29.6 Å². The van der Waals surface area contributed by atoms with Gasteiger partial charge in [0.05, 0.1) is 7.11 Å². The monoisotopic (exact) mass is 314 g/mol. The largest absolute Gasteiger partial charge is 0.497 e. The molecule has 0 radical (unpaired) electrons. The Hall–Kier alpha value is -2.67. The van der Waals surface area contributed by atoms with E-state index in [1.54, 1.807) is 13.2 Å². The third-order valence-electron chi connectivity index (χ3n) is 3.53. The molecule has 1 aromatic carbocycles. The Morgan fingerprint density at radius 3 is 2.87 bits per heavy atom. The maximum Gasteiger partial charge on any atom is 0.280 e. The minimum Gasteiger partial charge on any atom is -0.497 e. The predicted octanol–water partition coefficient (Wildman–Crippen LogP) is 2.55. The zero-order chi connectivity index (χ0) is 16.2. The lowest BCUT2D eigenvalue weighted by Crippen LogP contribution is -2.24. The van der Waals surface area contributed by atoms with E-state index in [9.17, 15) is 0 Å². The van der Waals surface area contributed by atoms with E-state index in [0.717, 1.165) is 11.3 Å². The highest BCUT2D eigenvalue weighted by Crippen LogP contribution is 2.27. The Morgan fingerprint density at radius 2 is 2.09 bits per heavy atom. The van der Waals surface area contributed by atoms with Crippen molar-refractivity contribution < 1.29 is 13.8 Å². The molecular weight excluding hydrogens is 296 g/mol. The Morgan fingerprint density at radius 1 is 1.22 bits per heavy atom. The lowest BCUT2D eigenvalue weighted by atomic mass is 10.1. The van der Waals surface area contributed by atoms with Crippen molar-refractivity contribution in [1.29, 1.82) is 0 Å². The summed E-state index contributed by atoms with van der Waals surface area (Å²) in [4.78, 5) is 4.34. The Balaban J connectivity index is 1.81. The second-order valence-corrected chi connectivity index (χ2v) is 5.22. The fourth-order valence-electron chi connectivity index (χ4n) is 2.11. The summed E-state index contributed by atoms with van der Waals surface area (Å²) in [6.45, 7) is 2.05. The van der Waals surface area contributed by atoms with Gasteiger partial charge in [-0.15, -0.1) is 0 Å². The van der Waals surface area contributed by atoms with E-state index >= 15 is 0 Å². The fourth-order valence-corrected chi connectivity index (χ4v) is 2.11. The van der Waals surface area contributed by atoms with Crippen molar-refractivity contribution in [3.63, 3.8) is 0 Å². The molecule has 7 nitrogen and oxygen atoms in total. The number of hydrogen-bond donors (Lipinski definition) is 1. The van der Waals surface area contributed by atoms with Crippen LogP contribution in [-0.4, -0.2) is 35.5 Å². The van der Waals surface area contributed by atoms with Gasteiger partial charge < -0.3 is 19.1 Å². The van der Waals surface area contributed by atoms with Gasteiger partial charge in [0.15, 0.2) is 17.3 Å². The lowest BCUT2D eigenvalue weighted by molar-refractivity contribution is 0.403. The zero-order valence-electron chi connectivity index (χ0n) is 13.2. The van der Waals surface area contributed by atoms with Gasteiger partial charge in [-0.2, -0.15) is 4.98 Å². The molecule has 0 aliphatic heterocycles. The molecule has 2 aromatic heterocycles. The maximum atomic E-state index is 5.37. The number of likely N-dealkylation sites (N-methyl/N-ethyl adjacent to an activating group) is 1. The number of aromatic nitrogens is 3. The van der Waals surface area contributed by atoms with Crippen molar-refractivity contribution in [2.75, 3.05) is 14.2 Å². The Kier molecular flexibility index (Phi) is 4.38.